The van der Waals surface area contributed by atoms with E-state index in [4.69, 9.17) is 0 Å². The van der Waals surface area contributed by atoms with Crippen LogP contribution in [0.5, 0.6) is 0 Å². The zero-order valence-corrected chi connectivity index (χ0v) is 12.7. The molecule has 0 N–H and O–H groups in total. The Morgan fingerprint density at radius 2 is 1.48 bits per heavy atom. The number of benzene rings is 2. The SMILES string of the molecule is CCCCCCN(C(=O)c1ccccc1)c1ccccc1. The van der Waals surface area contributed by atoms with E-state index in [1.807, 2.05) is 65.6 Å². The molecule has 2 rings (SSSR count). The third-order valence-electron chi connectivity index (χ3n) is 3.57. The van der Waals surface area contributed by atoms with Crippen molar-refractivity contribution in [2.45, 2.75) is 32.6 Å². The Hall–Kier alpha value is -2.09. The van der Waals surface area contributed by atoms with E-state index in [0.717, 1.165) is 24.2 Å². The van der Waals surface area contributed by atoms with Gasteiger partial charge in [0.05, 0.1) is 0 Å². The molecule has 0 aliphatic rings. The molecule has 0 saturated carbocycles. The van der Waals surface area contributed by atoms with Gasteiger partial charge in [-0.3, -0.25) is 4.79 Å². The molecule has 2 nitrogen and oxygen atoms in total. The zero-order chi connectivity index (χ0) is 14.9. The third kappa shape index (κ3) is 4.45. The van der Waals surface area contributed by atoms with E-state index in [0.29, 0.717) is 0 Å². The lowest BCUT2D eigenvalue weighted by molar-refractivity contribution is 0.0986. The van der Waals surface area contributed by atoms with Crippen LogP contribution in [0, 0.1) is 0 Å². The monoisotopic (exact) mass is 281 g/mol. The summed E-state index contributed by atoms with van der Waals surface area (Å²) in [4.78, 5) is 14.6. The first-order chi connectivity index (χ1) is 10.3. The first kappa shape index (κ1) is 15.3. The highest BCUT2D eigenvalue weighted by molar-refractivity contribution is 6.06. The van der Waals surface area contributed by atoms with Gasteiger partial charge in [0.25, 0.3) is 5.91 Å². The molecule has 0 aromatic heterocycles. The van der Waals surface area contributed by atoms with Crippen LogP contribution in [-0.4, -0.2) is 12.5 Å². The van der Waals surface area contributed by atoms with Gasteiger partial charge < -0.3 is 4.90 Å². The number of carbonyl (C=O) groups excluding carboxylic acids is 1. The second-order valence-electron chi connectivity index (χ2n) is 5.22. The Bertz CT molecular complexity index is 536. The predicted octanol–water partition coefficient (Wildman–Crippen LogP) is 4.91. The van der Waals surface area contributed by atoms with Gasteiger partial charge in [0.15, 0.2) is 0 Å². The highest BCUT2D eigenvalue weighted by Crippen LogP contribution is 2.18. The van der Waals surface area contributed by atoms with E-state index in [1.165, 1.54) is 19.3 Å². The van der Waals surface area contributed by atoms with Gasteiger partial charge in [0.1, 0.15) is 0 Å². The maximum Gasteiger partial charge on any atom is 0.258 e. The fraction of sp³-hybridized carbons (Fsp3) is 0.316. The smallest absolute Gasteiger partial charge is 0.258 e. The number of amides is 1. The van der Waals surface area contributed by atoms with Crippen LogP contribution in [0.25, 0.3) is 0 Å². The number of para-hydroxylation sites is 1. The number of hydrogen-bond donors (Lipinski definition) is 0. The maximum absolute atomic E-state index is 12.7. The second kappa shape index (κ2) is 8.25. The molecule has 0 fully saturated rings. The van der Waals surface area contributed by atoms with Crippen molar-refractivity contribution in [3.05, 3.63) is 66.2 Å². The van der Waals surface area contributed by atoms with Gasteiger partial charge >= 0.3 is 0 Å². The molecule has 0 bridgehead atoms. The summed E-state index contributed by atoms with van der Waals surface area (Å²) in [5.74, 6) is 0.0818. The van der Waals surface area contributed by atoms with Gasteiger partial charge in [-0.2, -0.15) is 0 Å². The summed E-state index contributed by atoms with van der Waals surface area (Å²) >= 11 is 0. The number of hydrogen-bond acceptors (Lipinski definition) is 1. The molecule has 2 aromatic carbocycles. The number of unbranched alkanes of at least 4 members (excludes halogenated alkanes) is 3. The van der Waals surface area contributed by atoms with E-state index in [2.05, 4.69) is 6.92 Å². The van der Waals surface area contributed by atoms with Crippen molar-refractivity contribution < 1.29 is 4.79 Å². The van der Waals surface area contributed by atoms with Gasteiger partial charge in [0.2, 0.25) is 0 Å². The van der Waals surface area contributed by atoms with E-state index in [9.17, 15) is 4.79 Å². The van der Waals surface area contributed by atoms with E-state index >= 15 is 0 Å². The lowest BCUT2D eigenvalue weighted by Gasteiger charge is -2.23. The van der Waals surface area contributed by atoms with Crippen molar-refractivity contribution >= 4 is 11.6 Å². The molecule has 0 saturated heterocycles. The molecular weight excluding hydrogens is 258 g/mol. The van der Waals surface area contributed by atoms with Crippen molar-refractivity contribution in [1.82, 2.24) is 0 Å². The largest absolute Gasteiger partial charge is 0.308 e. The lowest BCUT2D eigenvalue weighted by Crippen LogP contribution is -2.31. The Kier molecular flexibility index (Phi) is 6.01. The van der Waals surface area contributed by atoms with Crippen molar-refractivity contribution in [2.75, 3.05) is 11.4 Å². The Morgan fingerprint density at radius 1 is 0.857 bits per heavy atom. The normalized spacial score (nSPS) is 10.3. The Morgan fingerprint density at radius 3 is 2.10 bits per heavy atom. The average Bonchev–Trinajstić information content (AvgIpc) is 2.56. The molecule has 0 radical (unpaired) electrons. The molecule has 0 aliphatic carbocycles. The fourth-order valence-electron chi connectivity index (χ4n) is 2.39. The van der Waals surface area contributed by atoms with Crippen LogP contribution < -0.4 is 4.90 Å². The number of nitrogens with zero attached hydrogens (tertiary/aromatic N) is 1. The van der Waals surface area contributed by atoms with Crippen molar-refractivity contribution in [1.29, 1.82) is 0 Å². The average molecular weight is 281 g/mol. The fourth-order valence-corrected chi connectivity index (χ4v) is 2.39. The van der Waals surface area contributed by atoms with Crippen LogP contribution in [0.1, 0.15) is 43.0 Å². The second-order valence-corrected chi connectivity index (χ2v) is 5.22. The molecule has 0 unspecified atom stereocenters. The molecular formula is C19H23NO. The molecule has 21 heavy (non-hydrogen) atoms. The molecule has 0 aliphatic heterocycles. The van der Waals surface area contributed by atoms with Crippen molar-refractivity contribution in [2.24, 2.45) is 0 Å². The summed E-state index contributed by atoms with van der Waals surface area (Å²) in [7, 11) is 0. The minimum absolute atomic E-state index is 0.0818. The van der Waals surface area contributed by atoms with Crippen LogP contribution in [-0.2, 0) is 0 Å². The topological polar surface area (TPSA) is 20.3 Å². The van der Waals surface area contributed by atoms with Gasteiger partial charge in [-0.25, -0.2) is 0 Å². The maximum atomic E-state index is 12.7. The molecule has 1 amide bonds. The molecule has 0 spiro atoms. The van der Waals surface area contributed by atoms with Crippen LogP contribution in [0.15, 0.2) is 60.7 Å². The molecule has 110 valence electrons. The Balaban J connectivity index is 2.14. The minimum atomic E-state index is 0.0818. The summed E-state index contributed by atoms with van der Waals surface area (Å²) < 4.78 is 0. The first-order valence-electron chi connectivity index (χ1n) is 7.75. The quantitative estimate of drug-likeness (QED) is 0.660. The lowest BCUT2D eigenvalue weighted by atomic mass is 10.1. The minimum Gasteiger partial charge on any atom is -0.308 e. The third-order valence-corrected chi connectivity index (χ3v) is 3.57. The number of rotatable bonds is 7. The van der Waals surface area contributed by atoms with Crippen molar-refractivity contribution in [3.63, 3.8) is 0 Å². The Labute approximate surface area is 127 Å². The highest BCUT2D eigenvalue weighted by atomic mass is 16.2. The van der Waals surface area contributed by atoms with Crippen LogP contribution >= 0.6 is 0 Å². The highest BCUT2D eigenvalue weighted by Gasteiger charge is 2.16. The number of anilines is 1. The van der Waals surface area contributed by atoms with Gasteiger partial charge in [-0.15, -0.1) is 0 Å². The van der Waals surface area contributed by atoms with Gasteiger partial charge in [-0.1, -0.05) is 62.6 Å². The van der Waals surface area contributed by atoms with E-state index < -0.39 is 0 Å². The van der Waals surface area contributed by atoms with Crippen LogP contribution in [0.2, 0.25) is 0 Å². The number of carbonyl (C=O) groups is 1. The molecule has 2 heteroatoms. The summed E-state index contributed by atoms with van der Waals surface area (Å²) in [5.41, 5.74) is 1.72. The predicted molar refractivity (Wildman–Crippen MR) is 88.7 cm³/mol. The van der Waals surface area contributed by atoms with Crippen LogP contribution in [0.3, 0.4) is 0 Å². The van der Waals surface area contributed by atoms with Crippen LogP contribution in [0.4, 0.5) is 5.69 Å². The van der Waals surface area contributed by atoms with Gasteiger partial charge in [-0.05, 0) is 30.7 Å². The first-order valence-corrected chi connectivity index (χ1v) is 7.75. The van der Waals surface area contributed by atoms with Crippen molar-refractivity contribution in [3.8, 4) is 0 Å². The summed E-state index contributed by atoms with van der Waals surface area (Å²) in [6.07, 6.45) is 4.64. The van der Waals surface area contributed by atoms with E-state index in [1.54, 1.807) is 0 Å². The molecule has 0 atom stereocenters. The summed E-state index contributed by atoms with van der Waals surface area (Å²) in [5, 5.41) is 0. The zero-order valence-electron chi connectivity index (χ0n) is 12.7. The molecule has 2 aromatic rings. The summed E-state index contributed by atoms with van der Waals surface area (Å²) in [6.45, 7) is 2.97. The summed E-state index contributed by atoms with van der Waals surface area (Å²) in [6, 6.07) is 19.5. The molecule has 0 heterocycles. The van der Waals surface area contributed by atoms with E-state index in [-0.39, 0.29) is 5.91 Å². The van der Waals surface area contributed by atoms with Gasteiger partial charge in [0, 0.05) is 17.8 Å². The standard InChI is InChI=1S/C19H23NO/c1-2-3-4-11-16-20(18-14-9-6-10-15-18)19(21)17-12-7-5-8-13-17/h5-10,12-15H,2-4,11,16H2,1H3.